The summed E-state index contributed by atoms with van der Waals surface area (Å²) in [5.41, 5.74) is 1.94. The predicted octanol–water partition coefficient (Wildman–Crippen LogP) is 3.52. The number of hydrogen-bond acceptors (Lipinski definition) is 3. The first-order valence-electron chi connectivity index (χ1n) is 6.47. The number of rotatable bonds is 6. The van der Waals surface area contributed by atoms with Crippen molar-refractivity contribution >= 4 is 33.2 Å². The Balaban J connectivity index is 2.07. The smallest absolute Gasteiger partial charge is 0.250 e. The minimum atomic E-state index is -0.0368. The Morgan fingerprint density at radius 2 is 2.14 bits per heavy atom. The summed E-state index contributed by atoms with van der Waals surface area (Å²) in [6, 6.07) is 8.99. The van der Waals surface area contributed by atoms with Gasteiger partial charge in [0.05, 0.1) is 12.3 Å². The maximum Gasteiger partial charge on any atom is 0.250 e. The summed E-state index contributed by atoms with van der Waals surface area (Å²) in [5.74, 6) is 0. The molecular formula is C15H16BrClN2O2. The zero-order valence-electron chi connectivity index (χ0n) is 11.6. The van der Waals surface area contributed by atoms with Crippen LogP contribution in [-0.2, 0) is 17.8 Å². The first-order chi connectivity index (χ1) is 10.1. The average Bonchev–Trinajstić information content (AvgIpc) is 2.46. The highest BCUT2D eigenvalue weighted by molar-refractivity contribution is 9.10. The van der Waals surface area contributed by atoms with Gasteiger partial charge in [-0.05, 0) is 23.8 Å². The molecule has 1 aromatic heterocycles. The second kappa shape index (κ2) is 7.64. The van der Waals surface area contributed by atoms with Gasteiger partial charge in [0.2, 0.25) is 0 Å². The molecule has 0 aliphatic carbocycles. The number of halogens is 2. The number of pyridine rings is 1. The van der Waals surface area contributed by atoms with E-state index in [0.29, 0.717) is 24.7 Å². The number of methoxy groups -OCH3 is 1. The zero-order valence-corrected chi connectivity index (χ0v) is 13.9. The van der Waals surface area contributed by atoms with Gasteiger partial charge < -0.3 is 14.6 Å². The molecule has 0 saturated heterocycles. The number of nitrogens with zero attached hydrogens (tertiary/aromatic N) is 1. The summed E-state index contributed by atoms with van der Waals surface area (Å²) >= 11 is 9.41. The monoisotopic (exact) mass is 370 g/mol. The van der Waals surface area contributed by atoms with Crippen LogP contribution in [0.4, 0.5) is 5.69 Å². The van der Waals surface area contributed by atoms with E-state index in [0.717, 1.165) is 15.7 Å². The van der Waals surface area contributed by atoms with E-state index in [2.05, 4.69) is 21.2 Å². The van der Waals surface area contributed by atoms with Crippen LogP contribution in [0.1, 0.15) is 5.56 Å². The summed E-state index contributed by atoms with van der Waals surface area (Å²) in [6.45, 7) is 1.68. The molecule has 1 aromatic carbocycles. The van der Waals surface area contributed by atoms with E-state index >= 15 is 0 Å². The molecular weight excluding hydrogens is 356 g/mol. The Bertz CT molecular complexity index is 673. The predicted molar refractivity (Wildman–Crippen MR) is 89.1 cm³/mol. The normalized spacial score (nSPS) is 10.6. The highest BCUT2D eigenvalue weighted by Crippen LogP contribution is 2.22. The van der Waals surface area contributed by atoms with E-state index < -0.39 is 0 Å². The fourth-order valence-corrected chi connectivity index (χ4v) is 2.69. The van der Waals surface area contributed by atoms with E-state index in [-0.39, 0.29) is 5.56 Å². The van der Waals surface area contributed by atoms with Crippen LogP contribution in [0.3, 0.4) is 0 Å². The summed E-state index contributed by atoms with van der Waals surface area (Å²) in [6.07, 6.45) is 1.80. The molecule has 0 spiro atoms. The molecule has 2 rings (SSSR count). The van der Waals surface area contributed by atoms with Crippen molar-refractivity contribution in [3.63, 3.8) is 0 Å². The fourth-order valence-electron chi connectivity index (χ4n) is 1.86. The van der Waals surface area contributed by atoms with Crippen LogP contribution in [0.15, 0.2) is 45.8 Å². The van der Waals surface area contributed by atoms with E-state index in [1.54, 1.807) is 30.0 Å². The van der Waals surface area contributed by atoms with Gasteiger partial charge >= 0.3 is 0 Å². The number of hydrogen-bond donors (Lipinski definition) is 1. The van der Waals surface area contributed by atoms with Crippen LogP contribution in [-0.4, -0.2) is 18.3 Å². The lowest BCUT2D eigenvalue weighted by molar-refractivity contribution is 0.186. The standard InChI is InChI=1S/C15H16BrClN2O2/c1-21-7-6-19-10-13(4-5-15(19)20)18-9-11-2-3-12(17)8-14(11)16/h2-5,8,10,18H,6-7,9H2,1H3. The van der Waals surface area contributed by atoms with Crippen molar-refractivity contribution in [3.8, 4) is 0 Å². The van der Waals surface area contributed by atoms with Crippen molar-refractivity contribution < 1.29 is 4.74 Å². The average molecular weight is 372 g/mol. The Labute approximate surface area is 136 Å². The minimum Gasteiger partial charge on any atom is -0.383 e. The number of anilines is 1. The molecule has 6 heteroatoms. The largest absolute Gasteiger partial charge is 0.383 e. The molecule has 0 fully saturated rings. The maximum absolute atomic E-state index is 11.7. The molecule has 0 atom stereocenters. The van der Waals surface area contributed by atoms with Gasteiger partial charge in [0.25, 0.3) is 5.56 Å². The Morgan fingerprint density at radius 1 is 1.33 bits per heavy atom. The lowest BCUT2D eigenvalue weighted by Crippen LogP contribution is -2.21. The Hall–Kier alpha value is -1.30. The second-order valence-corrected chi connectivity index (χ2v) is 5.82. The molecule has 0 saturated carbocycles. The van der Waals surface area contributed by atoms with Crippen LogP contribution in [0.25, 0.3) is 0 Å². The first kappa shape index (κ1) is 16.1. The van der Waals surface area contributed by atoms with Gasteiger partial charge in [-0.3, -0.25) is 4.79 Å². The topological polar surface area (TPSA) is 43.3 Å². The van der Waals surface area contributed by atoms with Crippen molar-refractivity contribution in [1.29, 1.82) is 0 Å². The molecule has 21 heavy (non-hydrogen) atoms. The van der Waals surface area contributed by atoms with Gasteiger partial charge in [0.15, 0.2) is 0 Å². The van der Waals surface area contributed by atoms with Gasteiger partial charge in [-0.2, -0.15) is 0 Å². The zero-order chi connectivity index (χ0) is 15.2. The summed E-state index contributed by atoms with van der Waals surface area (Å²) in [4.78, 5) is 11.7. The molecule has 1 heterocycles. The molecule has 0 unspecified atom stereocenters. The van der Waals surface area contributed by atoms with Crippen molar-refractivity contribution in [2.24, 2.45) is 0 Å². The van der Waals surface area contributed by atoms with Crippen LogP contribution in [0.2, 0.25) is 5.02 Å². The molecule has 0 amide bonds. The highest BCUT2D eigenvalue weighted by Gasteiger charge is 2.02. The Morgan fingerprint density at radius 3 is 2.86 bits per heavy atom. The number of nitrogens with one attached hydrogen (secondary N) is 1. The van der Waals surface area contributed by atoms with Gasteiger partial charge in [-0.1, -0.05) is 33.6 Å². The van der Waals surface area contributed by atoms with Crippen molar-refractivity contribution in [2.75, 3.05) is 19.0 Å². The van der Waals surface area contributed by atoms with Gasteiger partial charge in [-0.25, -0.2) is 0 Å². The summed E-state index contributed by atoms with van der Waals surface area (Å²) in [7, 11) is 1.62. The highest BCUT2D eigenvalue weighted by atomic mass is 79.9. The van der Waals surface area contributed by atoms with Crippen molar-refractivity contribution in [3.05, 3.63) is 61.9 Å². The van der Waals surface area contributed by atoms with Crippen LogP contribution >= 0.6 is 27.5 Å². The SMILES string of the molecule is COCCn1cc(NCc2ccc(Cl)cc2Br)ccc1=O. The van der Waals surface area contributed by atoms with E-state index in [1.165, 1.54) is 0 Å². The molecule has 1 N–H and O–H groups in total. The van der Waals surface area contributed by atoms with Crippen LogP contribution in [0, 0.1) is 0 Å². The van der Waals surface area contributed by atoms with E-state index in [4.69, 9.17) is 16.3 Å². The van der Waals surface area contributed by atoms with Crippen LogP contribution < -0.4 is 10.9 Å². The third-order valence-corrected chi connectivity index (χ3v) is 3.99. The quantitative estimate of drug-likeness (QED) is 0.845. The molecule has 4 nitrogen and oxygen atoms in total. The number of ether oxygens (including phenoxy) is 1. The summed E-state index contributed by atoms with van der Waals surface area (Å²) in [5, 5.41) is 3.98. The van der Waals surface area contributed by atoms with E-state index in [1.807, 2.05) is 18.2 Å². The maximum atomic E-state index is 11.7. The third kappa shape index (κ3) is 4.59. The van der Waals surface area contributed by atoms with Crippen molar-refractivity contribution in [1.82, 2.24) is 4.57 Å². The Kier molecular flexibility index (Phi) is 5.85. The number of aromatic nitrogens is 1. The van der Waals surface area contributed by atoms with Gasteiger partial charge in [0.1, 0.15) is 0 Å². The second-order valence-electron chi connectivity index (χ2n) is 4.53. The molecule has 2 aromatic rings. The fraction of sp³-hybridized carbons (Fsp3) is 0.267. The minimum absolute atomic E-state index is 0.0368. The molecule has 0 radical (unpaired) electrons. The lowest BCUT2D eigenvalue weighted by atomic mass is 10.2. The molecule has 112 valence electrons. The van der Waals surface area contributed by atoms with Crippen molar-refractivity contribution in [2.45, 2.75) is 13.1 Å². The number of benzene rings is 1. The summed E-state index contributed by atoms with van der Waals surface area (Å²) < 4.78 is 7.58. The van der Waals surface area contributed by atoms with Crippen LogP contribution in [0.5, 0.6) is 0 Å². The molecule has 0 aliphatic heterocycles. The van der Waals surface area contributed by atoms with Gasteiger partial charge in [-0.15, -0.1) is 0 Å². The molecule has 0 aliphatic rings. The van der Waals surface area contributed by atoms with Gasteiger partial charge in [0, 0.05) is 42.0 Å². The first-order valence-corrected chi connectivity index (χ1v) is 7.64. The third-order valence-electron chi connectivity index (χ3n) is 3.02. The van der Waals surface area contributed by atoms with E-state index in [9.17, 15) is 4.79 Å². The molecule has 0 bridgehead atoms. The lowest BCUT2D eigenvalue weighted by Gasteiger charge is -2.11.